The number of carbonyl (C=O) groups is 2. The molecule has 3 heterocycles. The van der Waals surface area contributed by atoms with E-state index in [0.717, 1.165) is 5.56 Å². The Kier molecular flexibility index (Phi) is 2.13. The van der Waals surface area contributed by atoms with Gasteiger partial charge in [0.05, 0.1) is 12.6 Å². The Balaban J connectivity index is 1.97. The minimum absolute atomic E-state index is 0.176. The van der Waals surface area contributed by atoms with Crippen molar-refractivity contribution < 1.29 is 19.1 Å². The lowest BCUT2D eigenvalue weighted by Gasteiger charge is -2.50. The number of methoxy groups -OCH3 is 1. The smallest absolute Gasteiger partial charge is 0.328 e. The number of urea groups is 1. The van der Waals surface area contributed by atoms with Crippen LogP contribution < -0.4 is 5.32 Å². The zero-order valence-electron chi connectivity index (χ0n) is 11.0. The van der Waals surface area contributed by atoms with E-state index >= 15 is 0 Å². The number of fused-ring (bicyclic) bond motifs is 1. The summed E-state index contributed by atoms with van der Waals surface area (Å²) in [5.74, 6) is -1.67. The monoisotopic (exact) mass is 274 g/mol. The van der Waals surface area contributed by atoms with E-state index in [0.29, 0.717) is 13.0 Å². The third kappa shape index (κ3) is 1.08. The standard InChI is InChI=1S/C14H14N2O4/c1-19-14-13(9-5-3-2-4-6-9)7-10(20-14)8-16(14)12(18)15-11(13)17/h2-6,10H,7-8H2,1H3,(H,15,17,18)/t10-,13-,14+/m1/s1. The van der Waals surface area contributed by atoms with Gasteiger partial charge in [-0.3, -0.25) is 15.0 Å². The number of imide groups is 1. The predicted molar refractivity (Wildman–Crippen MR) is 67.6 cm³/mol. The highest BCUT2D eigenvalue weighted by Gasteiger charge is 2.76. The van der Waals surface area contributed by atoms with E-state index in [9.17, 15) is 9.59 Å². The molecule has 3 aliphatic rings. The molecule has 1 N–H and O–H groups in total. The van der Waals surface area contributed by atoms with Gasteiger partial charge in [-0.25, -0.2) is 4.79 Å². The molecule has 3 saturated heterocycles. The number of carbonyl (C=O) groups excluding carboxylic acids is 2. The van der Waals surface area contributed by atoms with Crippen LogP contribution in [-0.4, -0.2) is 42.5 Å². The molecule has 3 fully saturated rings. The summed E-state index contributed by atoms with van der Waals surface area (Å²) in [7, 11) is 1.48. The van der Waals surface area contributed by atoms with E-state index in [1.807, 2.05) is 30.3 Å². The molecular weight excluding hydrogens is 260 g/mol. The first kappa shape index (κ1) is 11.9. The van der Waals surface area contributed by atoms with Crippen LogP contribution in [0.2, 0.25) is 0 Å². The number of hydrogen-bond acceptors (Lipinski definition) is 4. The van der Waals surface area contributed by atoms with Gasteiger partial charge >= 0.3 is 6.03 Å². The molecule has 20 heavy (non-hydrogen) atoms. The average Bonchev–Trinajstić information content (AvgIpc) is 3.01. The van der Waals surface area contributed by atoms with Crippen molar-refractivity contribution >= 4 is 11.9 Å². The predicted octanol–water partition coefficient (Wildman–Crippen LogP) is 0.579. The maximum absolute atomic E-state index is 12.6. The summed E-state index contributed by atoms with van der Waals surface area (Å²) in [4.78, 5) is 26.1. The van der Waals surface area contributed by atoms with Gasteiger partial charge in [0.25, 0.3) is 5.91 Å². The highest BCUT2D eigenvalue weighted by molar-refractivity contribution is 6.05. The van der Waals surface area contributed by atoms with E-state index in [2.05, 4.69) is 5.32 Å². The van der Waals surface area contributed by atoms with Crippen molar-refractivity contribution in [3.8, 4) is 0 Å². The first-order valence-corrected chi connectivity index (χ1v) is 6.55. The van der Waals surface area contributed by atoms with Crippen LogP contribution in [-0.2, 0) is 19.7 Å². The molecular formula is C14H14N2O4. The second-order valence-electron chi connectivity index (χ2n) is 5.37. The first-order chi connectivity index (χ1) is 9.64. The van der Waals surface area contributed by atoms with Gasteiger partial charge in [-0.05, 0) is 5.56 Å². The molecule has 3 atom stereocenters. The molecule has 0 aliphatic carbocycles. The first-order valence-electron chi connectivity index (χ1n) is 6.55. The number of nitrogens with one attached hydrogen (secondary N) is 1. The van der Waals surface area contributed by atoms with Crippen molar-refractivity contribution in [3.05, 3.63) is 35.9 Å². The summed E-state index contributed by atoms with van der Waals surface area (Å²) in [6.45, 7) is 0.446. The van der Waals surface area contributed by atoms with Crippen molar-refractivity contribution in [2.75, 3.05) is 13.7 Å². The van der Waals surface area contributed by atoms with Gasteiger partial charge in [-0.1, -0.05) is 30.3 Å². The zero-order chi connectivity index (χ0) is 14.0. The van der Waals surface area contributed by atoms with Crippen LogP contribution in [0.4, 0.5) is 4.79 Å². The van der Waals surface area contributed by atoms with Gasteiger partial charge < -0.3 is 9.47 Å². The van der Waals surface area contributed by atoms with Gasteiger partial charge in [0.1, 0.15) is 0 Å². The maximum atomic E-state index is 12.6. The highest BCUT2D eigenvalue weighted by atomic mass is 16.7. The molecule has 0 unspecified atom stereocenters. The van der Waals surface area contributed by atoms with E-state index in [4.69, 9.17) is 9.47 Å². The fourth-order valence-electron chi connectivity index (χ4n) is 3.77. The zero-order valence-corrected chi connectivity index (χ0v) is 11.0. The highest BCUT2D eigenvalue weighted by Crippen LogP contribution is 2.57. The molecule has 6 nitrogen and oxygen atoms in total. The average molecular weight is 274 g/mol. The van der Waals surface area contributed by atoms with Crippen molar-refractivity contribution in [3.63, 3.8) is 0 Å². The lowest BCUT2D eigenvalue weighted by molar-refractivity contribution is -0.269. The fraction of sp³-hybridized carbons (Fsp3) is 0.429. The molecule has 3 aliphatic heterocycles. The van der Waals surface area contributed by atoms with Gasteiger partial charge in [0, 0.05) is 13.5 Å². The van der Waals surface area contributed by atoms with Crippen LogP contribution in [0.5, 0.6) is 0 Å². The minimum atomic E-state index is -1.32. The largest absolute Gasteiger partial charge is 0.335 e. The molecule has 104 valence electrons. The molecule has 1 aromatic rings. The molecule has 0 spiro atoms. The fourth-order valence-corrected chi connectivity index (χ4v) is 3.77. The molecule has 4 rings (SSSR count). The number of hydrogen-bond donors (Lipinski definition) is 1. The van der Waals surface area contributed by atoms with Gasteiger partial charge in [0.15, 0.2) is 5.41 Å². The Morgan fingerprint density at radius 1 is 1.35 bits per heavy atom. The summed E-state index contributed by atoms with van der Waals surface area (Å²) in [6.07, 6.45) is 0.339. The van der Waals surface area contributed by atoms with Crippen LogP contribution in [0.1, 0.15) is 12.0 Å². The van der Waals surface area contributed by atoms with Gasteiger partial charge in [-0.2, -0.15) is 0 Å². The number of nitrogens with zero attached hydrogens (tertiary/aromatic N) is 1. The summed E-state index contributed by atoms with van der Waals surface area (Å²) < 4.78 is 11.5. The van der Waals surface area contributed by atoms with Crippen molar-refractivity contribution in [1.82, 2.24) is 10.2 Å². The van der Waals surface area contributed by atoms with Gasteiger partial charge in [0.2, 0.25) is 5.91 Å². The summed E-state index contributed by atoms with van der Waals surface area (Å²) in [5.41, 5.74) is -0.195. The summed E-state index contributed by atoms with van der Waals surface area (Å²) >= 11 is 0. The Morgan fingerprint density at radius 2 is 2.10 bits per heavy atom. The maximum Gasteiger partial charge on any atom is 0.328 e. The van der Waals surface area contributed by atoms with Crippen LogP contribution in [0.15, 0.2) is 30.3 Å². The van der Waals surface area contributed by atoms with E-state index in [1.54, 1.807) is 0 Å². The second kappa shape index (κ2) is 3.59. The van der Waals surface area contributed by atoms with Crippen molar-refractivity contribution in [1.29, 1.82) is 0 Å². The lowest BCUT2D eigenvalue weighted by Crippen LogP contribution is -2.74. The quantitative estimate of drug-likeness (QED) is 0.856. The van der Waals surface area contributed by atoms with Crippen LogP contribution in [0.25, 0.3) is 0 Å². The number of rotatable bonds is 2. The molecule has 2 bridgehead atoms. The number of amides is 3. The van der Waals surface area contributed by atoms with Crippen LogP contribution in [0, 0.1) is 0 Å². The Morgan fingerprint density at radius 3 is 2.80 bits per heavy atom. The van der Waals surface area contributed by atoms with Crippen molar-refractivity contribution in [2.24, 2.45) is 0 Å². The number of ether oxygens (including phenoxy) is 2. The number of piperidine rings is 1. The van der Waals surface area contributed by atoms with Crippen LogP contribution >= 0.6 is 0 Å². The van der Waals surface area contributed by atoms with E-state index in [-0.39, 0.29) is 12.0 Å². The van der Waals surface area contributed by atoms with E-state index < -0.39 is 17.4 Å². The minimum Gasteiger partial charge on any atom is -0.335 e. The van der Waals surface area contributed by atoms with Crippen LogP contribution in [0.3, 0.4) is 0 Å². The molecule has 6 heteroatoms. The molecule has 0 aromatic heterocycles. The molecule has 3 amide bonds. The SMILES string of the molecule is CO[C@@]12O[C@H]3CN1C(=O)NC(=O)[C@]2(c1ccccc1)C3. The Hall–Kier alpha value is -1.92. The summed E-state index contributed by atoms with van der Waals surface area (Å²) in [5, 5.41) is 2.42. The van der Waals surface area contributed by atoms with E-state index in [1.165, 1.54) is 12.0 Å². The van der Waals surface area contributed by atoms with Crippen molar-refractivity contribution in [2.45, 2.75) is 23.9 Å². The Labute approximate surface area is 115 Å². The topological polar surface area (TPSA) is 67.9 Å². The third-order valence-corrected chi connectivity index (χ3v) is 4.54. The summed E-state index contributed by atoms with van der Waals surface area (Å²) in [6, 6.07) is 8.92. The normalized spacial score (nSPS) is 38.2. The number of benzene rings is 1. The third-order valence-electron chi connectivity index (χ3n) is 4.54. The lowest BCUT2D eigenvalue weighted by atomic mass is 9.70. The molecule has 0 saturated carbocycles. The molecule has 0 radical (unpaired) electrons. The second-order valence-corrected chi connectivity index (χ2v) is 5.37. The molecule has 1 aromatic carbocycles. The van der Waals surface area contributed by atoms with Gasteiger partial charge in [-0.15, -0.1) is 0 Å². The Bertz CT molecular complexity index is 604.